The molecule has 2 aliphatic heterocycles. The van der Waals surface area contributed by atoms with Crippen molar-refractivity contribution in [2.75, 3.05) is 19.6 Å². The Balaban J connectivity index is 1.03. The standard InChI is InChI=1S/C28H38ClN3O2/c29-23-5-3-19(4-6-23)18-31-10-7-24(8-11-31)30-26(33)25-2-1-9-32(25)27(34)28-15-20-12-21(16-28)14-22(13-20)17-28/h3-6,20-22,24-25H,1-2,7-18H2,(H,30,33). The molecule has 0 aromatic heterocycles. The molecule has 0 spiro atoms. The minimum absolute atomic E-state index is 0.0896. The highest BCUT2D eigenvalue weighted by Gasteiger charge is 2.56. The van der Waals surface area contributed by atoms with Crippen LogP contribution in [0.5, 0.6) is 0 Å². The summed E-state index contributed by atoms with van der Waals surface area (Å²) in [7, 11) is 0. The fourth-order valence-corrected chi connectivity index (χ4v) is 8.47. The predicted octanol–water partition coefficient (Wildman–Crippen LogP) is 4.63. The molecule has 7 rings (SSSR count). The van der Waals surface area contributed by atoms with Crippen LogP contribution in [0.3, 0.4) is 0 Å². The number of nitrogens with zero attached hydrogens (tertiary/aromatic N) is 2. The summed E-state index contributed by atoms with van der Waals surface area (Å²) in [4.78, 5) is 31.7. The van der Waals surface area contributed by atoms with E-state index in [1.807, 2.05) is 17.0 Å². The first-order chi connectivity index (χ1) is 16.5. The van der Waals surface area contributed by atoms with Crippen LogP contribution in [-0.4, -0.2) is 53.3 Å². The van der Waals surface area contributed by atoms with E-state index >= 15 is 0 Å². The fraction of sp³-hybridized carbons (Fsp3) is 0.714. The zero-order valence-electron chi connectivity index (χ0n) is 20.2. The first-order valence-electron chi connectivity index (χ1n) is 13.6. The van der Waals surface area contributed by atoms with E-state index in [-0.39, 0.29) is 23.4 Å². The van der Waals surface area contributed by atoms with E-state index in [1.54, 1.807) is 0 Å². The van der Waals surface area contributed by atoms with Gasteiger partial charge in [-0.05, 0) is 99.7 Å². The third-order valence-corrected chi connectivity index (χ3v) is 9.81. The Labute approximate surface area is 208 Å². The molecule has 1 atom stereocenters. The normalized spacial score (nSPS) is 35.6. The summed E-state index contributed by atoms with van der Waals surface area (Å²) >= 11 is 6.00. The molecule has 5 nitrogen and oxygen atoms in total. The SMILES string of the molecule is O=C(NC1CCN(Cc2ccc(Cl)cc2)CC1)C1CCCN1C(=O)C12CC3CC(CC(C3)C1)C2. The highest BCUT2D eigenvalue weighted by molar-refractivity contribution is 6.30. The zero-order chi connectivity index (χ0) is 23.3. The third-order valence-electron chi connectivity index (χ3n) is 9.56. The summed E-state index contributed by atoms with van der Waals surface area (Å²) in [6, 6.07) is 8.03. The molecule has 0 radical (unpaired) electrons. The lowest BCUT2D eigenvalue weighted by molar-refractivity contribution is -0.160. The summed E-state index contributed by atoms with van der Waals surface area (Å²) < 4.78 is 0. The summed E-state index contributed by atoms with van der Waals surface area (Å²) in [5, 5.41) is 4.11. The molecule has 1 aromatic carbocycles. The summed E-state index contributed by atoms with van der Waals surface area (Å²) in [6.45, 7) is 3.65. The Morgan fingerprint density at radius 1 is 0.912 bits per heavy atom. The third kappa shape index (κ3) is 4.39. The lowest BCUT2D eigenvalue weighted by atomic mass is 9.49. The van der Waals surface area contributed by atoms with Gasteiger partial charge in [-0.1, -0.05) is 23.7 Å². The maximum Gasteiger partial charge on any atom is 0.243 e. The number of rotatable bonds is 5. The first kappa shape index (κ1) is 22.8. The smallest absolute Gasteiger partial charge is 0.243 e. The summed E-state index contributed by atoms with van der Waals surface area (Å²) in [5.74, 6) is 2.67. The second-order valence-corrected chi connectivity index (χ2v) is 12.5. The van der Waals surface area contributed by atoms with E-state index in [9.17, 15) is 9.59 Å². The van der Waals surface area contributed by atoms with Crippen LogP contribution >= 0.6 is 11.6 Å². The van der Waals surface area contributed by atoms with E-state index < -0.39 is 0 Å². The lowest BCUT2D eigenvalue weighted by Crippen LogP contribution is -2.58. The number of benzene rings is 1. The van der Waals surface area contributed by atoms with Gasteiger partial charge in [0.25, 0.3) is 0 Å². The van der Waals surface area contributed by atoms with Gasteiger partial charge in [0.1, 0.15) is 6.04 Å². The van der Waals surface area contributed by atoms with Crippen molar-refractivity contribution in [1.29, 1.82) is 0 Å². The van der Waals surface area contributed by atoms with Gasteiger partial charge in [-0.3, -0.25) is 14.5 Å². The fourth-order valence-electron chi connectivity index (χ4n) is 8.34. The largest absolute Gasteiger partial charge is 0.351 e. The molecule has 6 fully saturated rings. The number of halogens is 1. The Kier molecular flexibility index (Phi) is 6.13. The Bertz CT molecular complexity index is 889. The second kappa shape index (κ2) is 9.13. The van der Waals surface area contributed by atoms with Crippen molar-refractivity contribution in [3.63, 3.8) is 0 Å². The highest BCUT2D eigenvalue weighted by atomic mass is 35.5. The minimum Gasteiger partial charge on any atom is -0.351 e. The molecule has 2 saturated heterocycles. The topological polar surface area (TPSA) is 52.7 Å². The average molecular weight is 484 g/mol. The van der Waals surface area contributed by atoms with E-state index in [4.69, 9.17) is 11.6 Å². The van der Waals surface area contributed by atoms with Crippen LogP contribution in [0.1, 0.15) is 69.8 Å². The van der Waals surface area contributed by atoms with Gasteiger partial charge >= 0.3 is 0 Å². The van der Waals surface area contributed by atoms with Crippen molar-refractivity contribution in [3.8, 4) is 0 Å². The zero-order valence-corrected chi connectivity index (χ0v) is 20.9. The maximum absolute atomic E-state index is 13.9. The molecular formula is C28H38ClN3O2. The van der Waals surface area contributed by atoms with E-state index in [0.29, 0.717) is 5.91 Å². The molecule has 4 aliphatic carbocycles. The molecule has 2 heterocycles. The predicted molar refractivity (Wildman–Crippen MR) is 133 cm³/mol. The van der Waals surface area contributed by atoms with E-state index in [2.05, 4.69) is 22.3 Å². The minimum atomic E-state index is -0.257. The molecule has 34 heavy (non-hydrogen) atoms. The van der Waals surface area contributed by atoms with Gasteiger partial charge in [0, 0.05) is 37.2 Å². The van der Waals surface area contributed by atoms with Gasteiger partial charge in [-0.15, -0.1) is 0 Å². The molecule has 6 aliphatic rings. The molecular weight excluding hydrogens is 446 g/mol. The molecule has 6 heteroatoms. The molecule has 4 saturated carbocycles. The monoisotopic (exact) mass is 483 g/mol. The molecule has 2 amide bonds. The van der Waals surface area contributed by atoms with E-state index in [0.717, 1.165) is 93.9 Å². The van der Waals surface area contributed by atoms with Gasteiger partial charge < -0.3 is 10.2 Å². The van der Waals surface area contributed by atoms with Crippen molar-refractivity contribution in [2.45, 2.75) is 82.8 Å². The Morgan fingerprint density at radius 3 is 2.15 bits per heavy atom. The number of amides is 2. The number of carbonyl (C=O) groups excluding carboxylic acids is 2. The van der Waals surface area contributed by atoms with E-state index in [1.165, 1.54) is 24.8 Å². The van der Waals surface area contributed by atoms with Crippen LogP contribution in [0.15, 0.2) is 24.3 Å². The second-order valence-electron chi connectivity index (χ2n) is 12.0. The number of hydrogen-bond donors (Lipinski definition) is 1. The Hall–Kier alpha value is -1.59. The maximum atomic E-state index is 13.9. The van der Waals surface area contributed by atoms with Gasteiger partial charge in [0.15, 0.2) is 0 Å². The molecule has 184 valence electrons. The number of likely N-dealkylation sites (tertiary alicyclic amines) is 2. The molecule has 1 aromatic rings. The van der Waals surface area contributed by atoms with Crippen molar-refractivity contribution < 1.29 is 9.59 Å². The van der Waals surface area contributed by atoms with Gasteiger partial charge in [-0.25, -0.2) is 0 Å². The summed E-state index contributed by atoms with van der Waals surface area (Å²) in [6.07, 6.45) is 11.0. The quantitative estimate of drug-likeness (QED) is 0.664. The number of nitrogens with one attached hydrogen (secondary N) is 1. The highest BCUT2D eigenvalue weighted by Crippen LogP contribution is 2.60. The summed E-state index contributed by atoms with van der Waals surface area (Å²) in [5.41, 5.74) is 1.13. The van der Waals surface area contributed by atoms with Gasteiger partial charge in [0.05, 0.1) is 5.41 Å². The van der Waals surface area contributed by atoms with Crippen molar-refractivity contribution in [3.05, 3.63) is 34.9 Å². The van der Waals surface area contributed by atoms with Crippen LogP contribution in [0.2, 0.25) is 5.02 Å². The molecule has 1 unspecified atom stereocenters. The van der Waals surface area contributed by atoms with Gasteiger partial charge in [0.2, 0.25) is 11.8 Å². The van der Waals surface area contributed by atoms with Crippen molar-refractivity contribution in [2.24, 2.45) is 23.2 Å². The Morgan fingerprint density at radius 2 is 1.53 bits per heavy atom. The van der Waals surface area contributed by atoms with Crippen molar-refractivity contribution >= 4 is 23.4 Å². The van der Waals surface area contributed by atoms with Gasteiger partial charge in [-0.2, -0.15) is 0 Å². The lowest BCUT2D eigenvalue weighted by Gasteiger charge is -2.56. The van der Waals surface area contributed by atoms with Crippen LogP contribution in [0.25, 0.3) is 0 Å². The number of piperidine rings is 1. The van der Waals surface area contributed by atoms with Crippen LogP contribution in [0.4, 0.5) is 0 Å². The van der Waals surface area contributed by atoms with Crippen molar-refractivity contribution in [1.82, 2.24) is 15.1 Å². The van der Waals surface area contributed by atoms with Crippen LogP contribution < -0.4 is 5.32 Å². The molecule has 4 bridgehead atoms. The first-order valence-corrected chi connectivity index (χ1v) is 13.9. The average Bonchev–Trinajstić information content (AvgIpc) is 3.30. The number of hydrogen-bond acceptors (Lipinski definition) is 3. The molecule has 1 N–H and O–H groups in total. The van der Waals surface area contributed by atoms with Crippen LogP contribution in [0, 0.1) is 23.2 Å². The number of carbonyl (C=O) groups is 2. The van der Waals surface area contributed by atoms with Crippen LogP contribution in [-0.2, 0) is 16.1 Å².